The van der Waals surface area contributed by atoms with E-state index in [4.69, 9.17) is 4.42 Å². The Labute approximate surface area is 399 Å². The van der Waals surface area contributed by atoms with Gasteiger partial charge in [0.2, 0.25) is 0 Å². The summed E-state index contributed by atoms with van der Waals surface area (Å²) in [5, 5.41) is 12.0. The molecule has 322 valence electrons. The van der Waals surface area contributed by atoms with Crippen molar-refractivity contribution in [2.24, 2.45) is 0 Å². The number of para-hydroxylation sites is 4. The van der Waals surface area contributed by atoms with Gasteiger partial charge in [-0.15, -0.1) is 0 Å². The summed E-state index contributed by atoms with van der Waals surface area (Å²) in [6.07, 6.45) is 0. The van der Waals surface area contributed by atoms with Crippen LogP contribution in [0.25, 0.3) is 115 Å². The highest BCUT2D eigenvalue weighted by atomic mass is 16.3. The fourth-order valence-corrected chi connectivity index (χ4v) is 11.0. The first-order chi connectivity index (χ1) is 34.2. The Hall–Kier alpha value is -9.18. The van der Waals surface area contributed by atoms with Crippen LogP contribution in [0, 0.1) is 0 Å². The Morgan fingerprint density at radius 1 is 0.290 bits per heavy atom. The van der Waals surface area contributed by atoms with Gasteiger partial charge in [-0.05, 0) is 116 Å². The summed E-state index contributed by atoms with van der Waals surface area (Å²) in [5.41, 5.74) is 15.3. The SMILES string of the molecule is c1cc(-c2cc3ccccc3c3ccccc23)cc(N(c2ccc(-c3cccc(-n4c5ccccc5c5ccccc54)c3)cc2)c2ccccc2-c2cccc3c2oc2c4ccccc4ccc32)c1. The van der Waals surface area contributed by atoms with Crippen LogP contribution in [0.2, 0.25) is 0 Å². The van der Waals surface area contributed by atoms with E-state index in [0.29, 0.717) is 0 Å². The van der Waals surface area contributed by atoms with Gasteiger partial charge in [-0.3, -0.25) is 0 Å². The Morgan fingerprint density at radius 2 is 0.884 bits per heavy atom. The predicted molar refractivity (Wildman–Crippen MR) is 292 cm³/mol. The molecule has 0 radical (unpaired) electrons. The second kappa shape index (κ2) is 15.7. The van der Waals surface area contributed by atoms with Crippen molar-refractivity contribution in [3.63, 3.8) is 0 Å². The van der Waals surface area contributed by atoms with Gasteiger partial charge in [0.05, 0.1) is 16.7 Å². The molecule has 0 N–H and O–H groups in total. The molecule has 14 aromatic rings. The standard InChI is InChI=1S/C66H42N2O/c1-4-23-52-44(16-1)36-39-60-59-30-15-29-58(66(59)69-65(52)60)57-28-9-10-31-62(57)67(49-20-14-19-46(41-49)61-42-47-17-2-3-22-51(47)53-24-5-6-25-54(53)61)48-37-34-43(35-38-48)45-18-13-21-50(40-45)68-63-32-11-7-26-55(63)56-27-8-12-33-64(56)68/h1-42H. The second-order valence-corrected chi connectivity index (χ2v) is 18.0. The van der Waals surface area contributed by atoms with Crippen LogP contribution in [-0.4, -0.2) is 4.57 Å². The van der Waals surface area contributed by atoms with E-state index in [2.05, 4.69) is 264 Å². The molecule has 0 saturated carbocycles. The van der Waals surface area contributed by atoms with Crippen LogP contribution in [0.1, 0.15) is 0 Å². The molecule has 2 aromatic heterocycles. The summed E-state index contributed by atoms with van der Waals surface area (Å²) in [4.78, 5) is 2.41. The van der Waals surface area contributed by atoms with Gasteiger partial charge in [0.25, 0.3) is 0 Å². The van der Waals surface area contributed by atoms with Crippen molar-refractivity contribution in [2.75, 3.05) is 4.90 Å². The Morgan fingerprint density at radius 3 is 1.70 bits per heavy atom. The van der Waals surface area contributed by atoms with Crippen molar-refractivity contribution in [2.45, 2.75) is 0 Å². The van der Waals surface area contributed by atoms with Crippen LogP contribution in [-0.2, 0) is 0 Å². The van der Waals surface area contributed by atoms with E-state index >= 15 is 0 Å². The third-order valence-electron chi connectivity index (χ3n) is 14.2. The van der Waals surface area contributed by atoms with Crippen molar-refractivity contribution in [1.82, 2.24) is 4.57 Å². The molecule has 0 fully saturated rings. The third-order valence-corrected chi connectivity index (χ3v) is 14.2. The lowest BCUT2D eigenvalue weighted by molar-refractivity contribution is 0.674. The zero-order chi connectivity index (χ0) is 45.4. The molecular weight excluding hydrogens is 837 g/mol. The maximum atomic E-state index is 6.98. The minimum Gasteiger partial charge on any atom is -0.455 e. The number of aromatic nitrogens is 1. The summed E-state index contributed by atoms with van der Waals surface area (Å²) in [7, 11) is 0. The van der Waals surface area contributed by atoms with Gasteiger partial charge in [0.1, 0.15) is 11.2 Å². The lowest BCUT2D eigenvalue weighted by atomic mass is 9.93. The number of hydrogen-bond acceptors (Lipinski definition) is 2. The monoisotopic (exact) mass is 878 g/mol. The van der Waals surface area contributed by atoms with Crippen LogP contribution in [0.5, 0.6) is 0 Å². The summed E-state index contributed by atoms with van der Waals surface area (Å²) in [6, 6.07) is 92.5. The van der Waals surface area contributed by atoms with Crippen molar-refractivity contribution >= 4 is 93.1 Å². The number of anilines is 3. The first-order valence-corrected chi connectivity index (χ1v) is 23.7. The van der Waals surface area contributed by atoms with Gasteiger partial charge >= 0.3 is 0 Å². The lowest BCUT2D eigenvalue weighted by Gasteiger charge is -2.28. The van der Waals surface area contributed by atoms with E-state index < -0.39 is 0 Å². The Bertz CT molecular complexity index is 4270. The van der Waals surface area contributed by atoms with Crippen LogP contribution in [0.4, 0.5) is 17.1 Å². The maximum absolute atomic E-state index is 6.98. The number of furan rings is 1. The molecule has 14 rings (SSSR count). The molecule has 0 amide bonds. The minimum atomic E-state index is 0.881. The smallest absolute Gasteiger partial charge is 0.143 e. The second-order valence-electron chi connectivity index (χ2n) is 18.0. The molecule has 0 aliphatic heterocycles. The Balaban J connectivity index is 0.943. The van der Waals surface area contributed by atoms with Crippen LogP contribution < -0.4 is 4.90 Å². The average Bonchev–Trinajstić information content (AvgIpc) is 3.98. The quantitative estimate of drug-likeness (QED) is 0.149. The van der Waals surface area contributed by atoms with Crippen molar-refractivity contribution < 1.29 is 4.42 Å². The summed E-state index contributed by atoms with van der Waals surface area (Å²) < 4.78 is 9.37. The number of nitrogens with zero attached hydrogens (tertiary/aromatic N) is 2. The molecule has 0 unspecified atom stereocenters. The predicted octanol–water partition coefficient (Wildman–Crippen LogP) is 18.6. The minimum absolute atomic E-state index is 0.881. The normalized spacial score (nSPS) is 11.8. The van der Waals surface area contributed by atoms with Gasteiger partial charge < -0.3 is 13.9 Å². The highest BCUT2D eigenvalue weighted by Gasteiger charge is 2.22. The Kier molecular flexibility index (Phi) is 8.90. The number of rotatable bonds is 7. The van der Waals surface area contributed by atoms with E-state index in [9.17, 15) is 0 Å². The van der Waals surface area contributed by atoms with E-state index in [-0.39, 0.29) is 0 Å². The molecule has 69 heavy (non-hydrogen) atoms. The molecule has 2 heterocycles. The highest BCUT2D eigenvalue weighted by molar-refractivity contribution is 6.18. The largest absolute Gasteiger partial charge is 0.455 e. The van der Waals surface area contributed by atoms with E-state index in [0.717, 1.165) is 83.3 Å². The van der Waals surface area contributed by atoms with Crippen molar-refractivity contribution in [3.8, 4) is 39.1 Å². The third kappa shape index (κ3) is 6.29. The molecule has 0 bridgehead atoms. The average molecular weight is 879 g/mol. The van der Waals surface area contributed by atoms with E-state index in [1.165, 1.54) is 48.9 Å². The van der Waals surface area contributed by atoms with E-state index in [1.807, 2.05) is 0 Å². The topological polar surface area (TPSA) is 21.3 Å². The van der Waals surface area contributed by atoms with Crippen LogP contribution in [0.3, 0.4) is 0 Å². The zero-order valence-corrected chi connectivity index (χ0v) is 37.6. The lowest BCUT2D eigenvalue weighted by Crippen LogP contribution is -2.11. The summed E-state index contributed by atoms with van der Waals surface area (Å²) >= 11 is 0. The first kappa shape index (κ1) is 39.0. The molecule has 0 atom stereocenters. The highest BCUT2D eigenvalue weighted by Crippen LogP contribution is 2.47. The number of hydrogen-bond donors (Lipinski definition) is 0. The maximum Gasteiger partial charge on any atom is 0.143 e. The van der Waals surface area contributed by atoms with E-state index in [1.54, 1.807) is 0 Å². The van der Waals surface area contributed by atoms with Gasteiger partial charge in [-0.1, -0.05) is 188 Å². The van der Waals surface area contributed by atoms with Gasteiger partial charge in [-0.25, -0.2) is 0 Å². The van der Waals surface area contributed by atoms with Gasteiger partial charge in [-0.2, -0.15) is 0 Å². The molecule has 12 aromatic carbocycles. The molecule has 0 spiro atoms. The number of fused-ring (bicyclic) bond motifs is 11. The fraction of sp³-hybridized carbons (Fsp3) is 0. The molecule has 3 nitrogen and oxygen atoms in total. The van der Waals surface area contributed by atoms with Crippen LogP contribution in [0.15, 0.2) is 259 Å². The first-order valence-electron chi connectivity index (χ1n) is 23.7. The van der Waals surface area contributed by atoms with Gasteiger partial charge in [0, 0.05) is 55.1 Å². The zero-order valence-electron chi connectivity index (χ0n) is 37.6. The van der Waals surface area contributed by atoms with Gasteiger partial charge in [0.15, 0.2) is 0 Å². The molecule has 0 aliphatic rings. The molecule has 0 aliphatic carbocycles. The van der Waals surface area contributed by atoms with Crippen molar-refractivity contribution in [3.05, 3.63) is 255 Å². The number of benzene rings is 12. The summed E-state index contributed by atoms with van der Waals surface area (Å²) in [6.45, 7) is 0. The molecular formula is C66H42N2O. The molecule has 0 saturated heterocycles. The van der Waals surface area contributed by atoms with Crippen LogP contribution >= 0.6 is 0 Å². The fourth-order valence-electron chi connectivity index (χ4n) is 11.0. The molecule has 3 heteroatoms. The van der Waals surface area contributed by atoms with Crippen molar-refractivity contribution in [1.29, 1.82) is 0 Å². The summed E-state index contributed by atoms with van der Waals surface area (Å²) in [5.74, 6) is 0.